The van der Waals surface area contributed by atoms with Gasteiger partial charge in [-0.1, -0.05) is 0 Å². The Bertz CT molecular complexity index is 246. The van der Waals surface area contributed by atoms with E-state index in [9.17, 15) is 0 Å². The van der Waals surface area contributed by atoms with Crippen molar-refractivity contribution in [2.75, 3.05) is 0 Å². The monoisotopic (exact) mass is 165 g/mol. The maximum Gasteiger partial charge on any atom is 0.138 e. The van der Waals surface area contributed by atoms with Gasteiger partial charge in [0.1, 0.15) is 11.4 Å². The molecule has 1 aromatic rings. The number of aryl methyl sites for hydroxylation is 1. The van der Waals surface area contributed by atoms with E-state index in [1.54, 1.807) is 6.20 Å². The van der Waals surface area contributed by atoms with Crippen LogP contribution in [0, 0.1) is 6.92 Å². The Balaban J connectivity index is 2.71. The standard InChI is InChI=1S/C10H15NO/c1-8-5-6-9(7-11-8)12-10(2,3)4/h5-7H,1-4H3. The van der Waals surface area contributed by atoms with E-state index in [-0.39, 0.29) is 5.60 Å². The maximum absolute atomic E-state index is 5.59. The van der Waals surface area contributed by atoms with Crippen LogP contribution in [0.5, 0.6) is 5.75 Å². The van der Waals surface area contributed by atoms with E-state index in [0.717, 1.165) is 11.4 Å². The lowest BCUT2D eigenvalue weighted by molar-refractivity contribution is 0.130. The van der Waals surface area contributed by atoms with Crippen molar-refractivity contribution in [3.63, 3.8) is 0 Å². The molecule has 0 aromatic carbocycles. The van der Waals surface area contributed by atoms with Gasteiger partial charge in [0, 0.05) is 5.69 Å². The lowest BCUT2D eigenvalue weighted by Gasteiger charge is -2.20. The lowest BCUT2D eigenvalue weighted by atomic mass is 10.2. The number of aromatic nitrogens is 1. The van der Waals surface area contributed by atoms with E-state index in [1.807, 2.05) is 39.8 Å². The maximum atomic E-state index is 5.59. The molecule has 0 aliphatic rings. The van der Waals surface area contributed by atoms with Crippen LogP contribution in [0.2, 0.25) is 0 Å². The number of pyridine rings is 1. The molecule has 0 radical (unpaired) electrons. The third-order valence-corrected chi connectivity index (χ3v) is 1.31. The largest absolute Gasteiger partial charge is 0.487 e. The highest BCUT2D eigenvalue weighted by atomic mass is 16.5. The van der Waals surface area contributed by atoms with Crippen molar-refractivity contribution in [3.05, 3.63) is 24.0 Å². The highest BCUT2D eigenvalue weighted by Gasteiger charge is 2.11. The van der Waals surface area contributed by atoms with Gasteiger partial charge in [-0.25, -0.2) is 0 Å². The topological polar surface area (TPSA) is 22.1 Å². The fraction of sp³-hybridized carbons (Fsp3) is 0.500. The zero-order chi connectivity index (χ0) is 9.19. The minimum absolute atomic E-state index is 0.142. The third kappa shape index (κ3) is 2.91. The zero-order valence-electron chi connectivity index (χ0n) is 8.09. The Morgan fingerprint density at radius 2 is 1.92 bits per heavy atom. The van der Waals surface area contributed by atoms with Crippen molar-refractivity contribution in [2.24, 2.45) is 0 Å². The smallest absolute Gasteiger partial charge is 0.138 e. The van der Waals surface area contributed by atoms with Gasteiger partial charge in [0.2, 0.25) is 0 Å². The summed E-state index contributed by atoms with van der Waals surface area (Å²) < 4.78 is 5.59. The molecular formula is C10H15NO. The van der Waals surface area contributed by atoms with Crippen LogP contribution in [-0.2, 0) is 0 Å². The fourth-order valence-electron chi connectivity index (χ4n) is 0.868. The molecule has 0 fully saturated rings. The average molecular weight is 165 g/mol. The first-order chi connectivity index (χ1) is 5.47. The normalized spacial score (nSPS) is 11.3. The van der Waals surface area contributed by atoms with Gasteiger partial charge in [-0.2, -0.15) is 0 Å². The Morgan fingerprint density at radius 3 is 2.33 bits per heavy atom. The van der Waals surface area contributed by atoms with Crippen LogP contribution >= 0.6 is 0 Å². The van der Waals surface area contributed by atoms with E-state index < -0.39 is 0 Å². The van der Waals surface area contributed by atoms with Gasteiger partial charge in [-0.15, -0.1) is 0 Å². The second kappa shape index (κ2) is 3.13. The first-order valence-electron chi connectivity index (χ1n) is 4.09. The van der Waals surface area contributed by atoms with E-state index in [1.165, 1.54) is 0 Å². The Kier molecular flexibility index (Phi) is 2.36. The van der Waals surface area contributed by atoms with Gasteiger partial charge in [0.05, 0.1) is 6.20 Å². The van der Waals surface area contributed by atoms with Gasteiger partial charge in [0.25, 0.3) is 0 Å². The number of rotatable bonds is 1. The van der Waals surface area contributed by atoms with Crippen LogP contribution < -0.4 is 4.74 Å². The van der Waals surface area contributed by atoms with Crippen molar-refractivity contribution in [1.82, 2.24) is 4.98 Å². The van der Waals surface area contributed by atoms with E-state index in [0.29, 0.717) is 0 Å². The first kappa shape index (κ1) is 9.04. The molecule has 0 atom stereocenters. The molecule has 1 heterocycles. The molecule has 0 bridgehead atoms. The minimum Gasteiger partial charge on any atom is -0.487 e. The van der Waals surface area contributed by atoms with Crippen LogP contribution in [0.25, 0.3) is 0 Å². The van der Waals surface area contributed by atoms with Gasteiger partial charge in [-0.05, 0) is 39.8 Å². The van der Waals surface area contributed by atoms with Crippen molar-refractivity contribution in [2.45, 2.75) is 33.3 Å². The summed E-state index contributed by atoms with van der Waals surface area (Å²) >= 11 is 0. The molecule has 66 valence electrons. The SMILES string of the molecule is Cc1ccc(OC(C)(C)C)cn1. The van der Waals surface area contributed by atoms with E-state index in [4.69, 9.17) is 4.74 Å². The predicted molar refractivity (Wildman–Crippen MR) is 49.4 cm³/mol. The summed E-state index contributed by atoms with van der Waals surface area (Å²) in [6.45, 7) is 8.02. The summed E-state index contributed by atoms with van der Waals surface area (Å²) in [6, 6.07) is 3.88. The van der Waals surface area contributed by atoms with Gasteiger partial charge < -0.3 is 4.74 Å². The molecule has 0 amide bonds. The van der Waals surface area contributed by atoms with Crippen LogP contribution in [0.3, 0.4) is 0 Å². The quantitative estimate of drug-likeness (QED) is 0.638. The van der Waals surface area contributed by atoms with Gasteiger partial charge in [-0.3, -0.25) is 4.98 Å². The zero-order valence-corrected chi connectivity index (χ0v) is 8.09. The molecular weight excluding hydrogens is 150 g/mol. The molecule has 2 nitrogen and oxygen atoms in total. The number of hydrogen-bond donors (Lipinski definition) is 0. The Morgan fingerprint density at radius 1 is 1.25 bits per heavy atom. The van der Waals surface area contributed by atoms with E-state index in [2.05, 4.69) is 4.98 Å². The second-order valence-electron chi connectivity index (χ2n) is 3.85. The number of hydrogen-bond acceptors (Lipinski definition) is 2. The van der Waals surface area contributed by atoms with Crippen LogP contribution in [-0.4, -0.2) is 10.6 Å². The molecule has 12 heavy (non-hydrogen) atoms. The molecule has 0 unspecified atom stereocenters. The second-order valence-corrected chi connectivity index (χ2v) is 3.85. The molecule has 0 N–H and O–H groups in total. The molecule has 0 saturated heterocycles. The molecule has 0 aliphatic heterocycles. The Hall–Kier alpha value is -1.05. The van der Waals surface area contributed by atoms with Crippen molar-refractivity contribution >= 4 is 0 Å². The lowest BCUT2D eigenvalue weighted by Crippen LogP contribution is -2.22. The van der Waals surface area contributed by atoms with Crippen LogP contribution in [0.15, 0.2) is 18.3 Å². The summed E-state index contributed by atoms with van der Waals surface area (Å²) in [5.41, 5.74) is 0.868. The van der Waals surface area contributed by atoms with E-state index >= 15 is 0 Å². The Labute approximate surface area is 73.6 Å². The van der Waals surface area contributed by atoms with Crippen molar-refractivity contribution in [1.29, 1.82) is 0 Å². The summed E-state index contributed by atoms with van der Waals surface area (Å²) in [6.07, 6.45) is 1.75. The highest BCUT2D eigenvalue weighted by molar-refractivity contribution is 5.19. The summed E-state index contributed by atoms with van der Waals surface area (Å²) in [7, 11) is 0. The van der Waals surface area contributed by atoms with Crippen molar-refractivity contribution in [3.8, 4) is 5.75 Å². The van der Waals surface area contributed by atoms with Crippen LogP contribution in [0.1, 0.15) is 26.5 Å². The molecule has 1 rings (SSSR count). The van der Waals surface area contributed by atoms with Crippen molar-refractivity contribution < 1.29 is 4.74 Å². The summed E-state index contributed by atoms with van der Waals surface area (Å²) in [5, 5.41) is 0. The predicted octanol–water partition coefficient (Wildman–Crippen LogP) is 2.57. The molecule has 0 aliphatic carbocycles. The van der Waals surface area contributed by atoms with Crippen LogP contribution in [0.4, 0.5) is 0 Å². The molecule has 0 saturated carbocycles. The summed E-state index contributed by atoms with van der Waals surface area (Å²) in [5.74, 6) is 0.827. The minimum atomic E-state index is -0.142. The average Bonchev–Trinajstić information content (AvgIpc) is 1.91. The number of ether oxygens (including phenoxy) is 1. The highest BCUT2D eigenvalue weighted by Crippen LogP contribution is 2.16. The molecule has 1 aromatic heterocycles. The van der Waals surface area contributed by atoms with Gasteiger partial charge in [0.15, 0.2) is 0 Å². The number of nitrogens with zero attached hydrogens (tertiary/aromatic N) is 1. The fourth-order valence-corrected chi connectivity index (χ4v) is 0.868. The van der Waals surface area contributed by atoms with Gasteiger partial charge >= 0.3 is 0 Å². The molecule has 0 spiro atoms. The summed E-state index contributed by atoms with van der Waals surface area (Å²) in [4.78, 5) is 4.14. The third-order valence-electron chi connectivity index (χ3n) is 1.31. The first-order valence-corrected chi connectivity index (χ1v) is 4.09. The molecule has 2 heteroatoms.